The van der Waals surface area contributed by atoms with Crippen molar-refractivity contribution in [2.45, 2.75) is 60.0 Å². The predicted molar refractivity (Wildman–Crippen MR) is 89.3 cm³/mol. The molecule has 0 saturated carbocycles. The van der Waals surface area contributed by atoms with Crippen LogP contribution in [-0.2, 0) is 0 Å². The maximum absolute atomic E-state index is 3.67. The van der Waals surface area contributed by atoms with Gasteiger partial charge in [-0.15, -0.1) is 0 Å². The van der Waals surface area contributed by atoms with Crippen molar-refractivity contribution in [3.8, 4) is 0 Å². The molecule has 1 rings (SSSR count). The Bertz CT molecular complexity index is 398. The number of hydrogen-bond donors (Lipinski definition) is 1. The lowest BCUT2D eigenvalue weighted by atomic mass is 9.98. The first-order chi connectivity index (χ1) is 9.49. The fourth-order valence-corrected chi connectivity index (χ4v) is 2.74. The Morgan fingerprint density at radius 2 is 1.85 bits per heavy atom. The lowest BCUT2D eigenvalue weighted by molar-refractivity contribution is 0.198. The van der Waals surface area contributed by atoms with E-state index in [2.05, 4.69) is 70.0 Å². The summed E-state index contributed by atoms with van der Waals surface area (Å²) in [6.45, 7) is 16.7. The summed E-state index contributed by atoms with van der Waals surface area (Å²) in [5, 5.41) is 3.67. The van der Waals surface area contributed by atoms with Gasteiger partial charge in [0.2, 0.25) is 0 Å². The van der Waals surface area contributed by atoms with Crippen LogP contribution in [0.2, 0.25) is 0 Å². The normalized spacial score (nSPS) is 13.2. The van der Waals surface area contributed by atoms with Gasteiger partial charge in [-0.3, -0.25) is 4.90 Å². The van der Waals surface area contributed by atoms with Crippen molar-refractivity contribution in [2.24, 2.45) is 0 Å². The molecular formula is C18H32N2. The molecule has 0 aromatic heterocycles. The Morgan fingerprint density at radius 3 is 2.40 bits per heavy atom. The molecule has 1 aromatic carbocycles. The van der Waals surface area contributed by atoms with E-state index in [0.717, 1.165) is 13.1 Å². The molecule has 0 aliphatic rings. The zero-order chi connectivity index (χ0) is 15.1. The third-order valence-electron chi connectivity index (χ3n) is 3.92. The van der Waals surface area contributed by atoms with Crippen LogP contribution in [0.4, 0.5) is 0 Å². The summed E-state index contributed by atoms with van der Waals surface area (Å²) >= 11 is 0. The minimum Gasteiger partial charge on any atom is -0.309 e. The van der Waals surface area contributed by atoms with Crippen molar-refractivity contribution in [2.75, 3.05) is 19.6 Å². The van der Waals surface area contributed by atoms with Gasteiger partial charge < -0.3 is 5.32 Å². The van der Waals surface area contributed by atoms with Crippen molar-refractivity contribution in [3.05, 3.63) is 34.9 Å². The monoisotopic (exact) mass is 276 g/mol. The number of nitrogens with zero attached hydrogens (tertiary/aromatic N) is 1. The van der Waals surface area contributed by atoms with Gasteiger partial charge in [0.1, 0.15) is 0 Å². The van der Waals surface area contributed by atoms with Crippen LogP contribution < -0.4 is 5.32 Å². The summed E-state index contributed by atoms with van der Waals surface area (Å²) in [7, 11) is 0. The van der Waals surface area contributed by atoms with E-state index in [1.807, 2.05) is 0 Å². The van der Waals surface area contributed by atoms with Crippen molar-refractivity contribution >= 4 is 0 Å². The highest BCUT2D eigenvalue weighted by atomic mass is 15.2. The van der Waals surface area contributed by atoms with Gasteiger partial charge in [-0.25, -0.2) is 0 Å². The number of rotatable bonds is 8. The van der Waals surface area contributed by atoms with Crippen LogP contribution >= 0.6 is 0 Å². The number of likely N-dealkylation sites (N-methyl/N-ethyl adjacent to an activating group) is 1. The number of hydrogen-bond acceptors (Lipinski definition) is 2. The van der Waals surface area contributed by atoms with Gasteiger partial charge in [0.25, 0.3) is 0 Å². The molecule has 0 radical (unpaired) electrons. The molecule has 1 aromatic rings. The number of benzene rings is 1. The second-order valence-electron chi connectivity index (χ2n) is 6.06. The third-order valence-corrected chi connectivity index (χ3v) is 3.92. The Hall–Kier alpha value is -0.860. The molecule has 1 atom stereocenters. The molecular weight excluding hydrogens is 244 g/mol. The molecule has 1 N–H and O–H groups in total. The van der Waals surface area contributed by atoms with Gasteiger partial charge >= 0.3 is 0 Å². The first-order valence-corrected chi connectivity index (χ1v) is 8.04. The topological polar surface area (TPSA) is 15.3 Å². The fraction of sp³-hybridized carbons (Fsp3) is 0.667. The summed E-state index contributed by atoms with van der Waals surface area (Å²) in [5.74, 6) is 0. The molecule has 0 aliphatic heterocycles. The van der Waals surface area contributed by atoms with Gasteiger partial charge in [-0.2, -0.15) is 0 Å². The molecule has 0 saturated heterocycles. The highest BCUT2D eigenvalue weighted by molar-refractivity contribution is 5.33. The van der Waals surface area contributed by atoms with Crippen LogP contribution in [0.15, 0.2) is 18.2 Å². The van der Waals surface area contributed by atoms with Crippen LogP contribution in [-0.4, -0.2) is 30.6 Å². The molecule has 2 heteroatoms. The third kappa shape index (κ3) is 4.92. The lowest BCUT2D eigenvalue weighted by Crippen LogP contribution is -2.39. The Kier molecular flexibility index (Phi) is 7.25. The van der Waals surface area contributed by atoms with Crippen LogP contribution in [0.5, 0.6) is 0 Å². The second kappa shape index (κ2) is 8.43. The maximum Gasteiger partial charge on any atom is 0.0452 e. The average molecular weight is 276 g/mol. The van der Waals surface area contributed by atoms with E-state index in [1.165, 1.54) is 29.7 Å². The van der Waals surface area contributed by atoms with Gasteiger partial charge in [-0.1, -0.05) is 37.6 Å². The van der Waals surface area contributed by atoms with E-state index in [9.17, 15) is 0 Å². The molecule has 2 nitrogen and oxygen atoms in total. The summed E-state index contributed by atoms with van der Waals surface area (Å²) in [4.78, 5) is 2.58. The van der Waals surface area contributed by atoms with Crippen LogP contribution in [0.3, 0.4) is 0 Å². The fourth-order valence-electron chi connectivity index (χ4n) is 2.74. The van der Waals surface area contributed by atoms with Crippen molar-refractivity contribution in [3.63, 3.8) is 0 Å². The van der Waals surface area contributed by atoms with Gasteiger partial charge in [-0.05, 0) is 58.3 Å². The molecule has 0 fully saturated rings. The highest BCUT2D eigenvalue weighted by Crippen LogP contribution is 2.21. The van der Waals surface area contributed by atoms with Gasteiger partial charge in [0.15, 0.2) is 0 Å². The van der Waals surface area contributed by atoms with Crippen molar-refractivity contribution < 1.29 is 0 Å². The van der Waals surface area contributed by atoms with E-state index in [4.69, 9.17) is 0 Å². The Morgan fingerprint density at radius 1 is 1.15 bits per heavy atom. The summed E-state index contributed by atoms with van der Waals surface area (Å²) in [6, 6.07) is 7.81. The molecule has 0 spiro atoms. The lowest BCUT2D eigenvalue weighted by Gasteiger charge is -2.32. The van der Waals surface area contributed by atoms with Crippen molar-refractivity contribution in [1.29, 1.82) is 0 Å². The molecule has 1 unspecified atom stereocenters. The maximum atomic E-state index is 3.67. The van der Waals surface area contributed by atoms with Crippen LogP contribution in [0, 0.1) is 13.8 Å². The minimum absolute atomic E-state index is 0.425. The Labute approximate surface area is 125 Å². The highest BCUT2D eigenvalue weighted by Gasteiger charge is 2.18. The van der Waals surface area contributed by atoms with Crippen LogP contribution in [0.25, 0.3) is 0 Å². The second-order valence-corrected chi connectivity index (χ2v) is 6.06. The van der Waals surface area contributed by atoms with E-state index in [-0.39, 0.29) is 0 Å². The zero-order valence-electron chi connectivity index (χ0n) is 14.2. The SMILES string of the molecule is CCCN(CC(NCC)c1cc(C)ccc1C)C(C)C. The number of nitrogens with one attached hydrogen (secondary N) is 1. The van der Waals surface area contributed by atoms with E-state index < -0.39 is 0 Å². The van der Waals surface area contributed by atoms with Crippen LogP contribution in [0.1, 0.15) is 56.8 Å². The first kappa shape index (κ1) is 17.2. The molecule has 0 bridgehead atoms. The molecule has 0 aliphatic carbocycles. The predicted octanol–water partition coefficient (Wildman–Crippen LogP) is 4.07. The minimum atomic E-state index is 0.425. The first-order valence-electron chi connectivity index (χ1n) is 8.04. The van der Waals surface area contributed by atoms with Crippen molar-refractivity contribution in [1.82, 2.24) is 10.2 Å². The zero-order valence-corrected chi connectivity index (χ0v) is 14.2. The molecule has 0 heterocycles. The molecule has 114 valence electrons. The smallest absolute Gasteiger partial charge is 0.0452 e. The summed E-state index contributed by atoms with van der Waals surface area (Å²) < 4.78 is 0. The van der Waals surface area contributed by atoms with Gasteiger partial charge in [0.05, 0.1) is 0 Å². The summed E-state index contributed by atoms with van der Waals surface area (Å²) in [5.41, 5.74) is 4.19. The van der Waals surface area contributed by atoms with E-state index in [0.29, 0.717) is 12.1 Å². The molecule has 20 heavy (non-hydrogen) atoms. The number of aryl methyl sites for hydroxylation is 2. The summed E-state index contributed by atoms with van der Waals surface area (Å²) in [6.07, 6.45) is 1.21. The van der Waals surface area contributed by atoms with Gasteiger partial charge in [0, 0.05) is 18.6 Å². The quantitative estimate of drug-likeness (QED) is 0.770. The standard InChI is InChI=1S/C18H32N2/c1-7-11-20(14(3)4)13-18(19-8-2)17-12-15(5)9-10-16(17)6/h9-10,12,14,18-19H,7-8,11,13H2,1-6H3. The van der Waals surface area contributed by atoms with E-state index >= 15 is 0 Å². The molecule has 0 amide bonds. The Balaban J connectivity index is 2.95. The van der Waals surface area contributed by atoms with E-state index in [1.54, 1.807) is 0 Å². The largest absolute Gasteiger partial charge is 0.309 e. The average Bonchev–Trinajstić information content (AvgIpc) is 2.40.